The highest BCUT2D eigenvalue weighted by Gasteiger charge is 2.38. The summed E-state index contributed by atoms with van der Waals surface area (Å²) in [5.74, 6) is -1.67. The summed E-state index contributed by atoms with van der Waals surface area (Å²) in [5, 5.41) is 11.3. The molecule has 0 aliphatic carbocycles. The molecule has 0 fully saturated rings. The minimum absolute atomic E-state index is 0.0616. The molecular weight excluding hydrogens is 390 g/mol. The van der Waals surface area contributed by atoms with Gasteiger partial charge < -0.3 is 19.8 Å². The lowest BCUT2D eigenvalue weighted by atomic mass is 9.83. The molecule has 0 radical (unpaired) electrons. The fraction of sp³-hybridized carbons (Fsp3) is 0.333. The van der Waals surface area contributed by atoms with Crippen molar-refractivity contribution in [3.8, 4) is 5.75 Å². The van der Waals surface area contributed by atoms with Gasteiger partial charge in [-0.25, -0.2) is 4.79 Å². The number of aromatic nitrogens is 1. The van der Waals surface area contributed by atoms with E-state index in [4.69, 9.17) is 15.2 Å². The molecule has 1 aromatic heterocycles. The maximum absolute atomic E-state index is 13.4. The Morgan fingerprint density at radius 3 is 2.67 bits per heavy atom. The van der Waals surface area contributed by atoms with E-state index in [0.717, 1.165) is 12.1 Å². The Kier molecular flexibility index (Phi) is 5.91. The van der Waals surface area contributed by atoms with Gasteiger partial charge in [-0.05, 0) is 18.9 Å². The van der Waals surface area contributed by atoms with Crippen LogP contribution in [0, 0.1) is 10.1 Å². The second kappa shape index (κ2) is 8.40. The van der Waals surface area contributed by atoms with Gasteiger partial charge in [-0.1, -0.05) is 25.5 Å². The normalized spacial score (nSPS) is 15.4. The predicted octanol–water partition coefficient (Wildman–Crippen LogP) is 2.60. The van der Waals surface area contributed by atoms with Crippen molar-refractivity contribution >= 4 is 11.7 Å². The largest absolute Gasteiger partial charge is 0.465 e. The molecule has 1 aliphatic rings. The summed E-state index contributed by atoms with van der Waals surface area (Å²) >= 11 is 0. The topological polar surface area (TPSA) is 127 Å². The summed E-state index contributed by atoms with van der Waals surface area (Å²) in [4.78, 5) is 36.7. The molecular formula is C21H23N3O6. The first-order valence-corrected chi connectivity index (χ1v) is 9.60. The standard InChI is InChI=1S/C21H23N3O6/c1-4-7-13-11-15-17(20(25)23(13)5-2)16(18(19(22)30-15)21(26)29-3)12-8-6-9-14(10-12)24(27)28/h6,8-11,16H,4-5,7,22H2,1-3H3. The minimum Gasteiger partial charge on any atom is -0.465 e. The van der Waals surface area contributed by atoms with Gasteiger partial charge in [0.05, 0.1) is 23.5 Å². The van der Waals surface area contributed by atoms with E-state index in [-0.39, 0.29) is 34.0 Å². The molecule has 0 saturated heterocycles. The highest BCUT2D eigenvalue weighted by atomic mass is 16.6. The van der Waals surface area contributed by atoms with Gasteiger partial charge in [-0.2, -0.15) is 0 Å². The van der Waals surface area contributed by atoms with E-state index < -0.39 is 16.8 Å². The van der Waals surface area contributed by atoms with Crippen molar-refractivity contribution in [3.63, 3.8) is 0 Å². The number of carbonyl (C=O) groups excluding carboxylic acids is 1. The van der Waals surface area contributed by atoms with Crippen LogP contribution in [0.25, 0.3) is 0 Å². The number of nitro groups is 1. The fourth-order valence-electron chi connectivity index (χ4n) is 3.79. The number of benzene rings is 1. The number of hydrogen-bond donors (Lipinski definition) is 1. The van der Waals surface area contributed by atoms with Gasteiger partial charge in [0, 0.05) is 30.4 Å². The number of nitrogens with two attached hydrogens (primary N) is 1. The highest BCUT2D eigenvalue weighted by molar-refractivity contribution is 5.92. The molecule has 0 bridgehead atoms. The quantitative estimate of drug-likeness (QED) is 0.438. The number of non-ortho nitro benzene ring substituents is 1. The van der Waals surface area contributed by atoms with Crippen LogP contribution in [0.1, 0.15) is 43.0 Å². The summed E-state index contributed by atoms with van der Waals surface area (Å²) in [5.41, 5.74) is 6.86. The molecule has 9 heteroatoms. The Morgan fingerprint density at radius 2 is 2.07 bits per heavy atom. The average molecular weight is 413 g/mol. The molecule has 1 atom stereocenters. The first-order valence-electron chi connectivity index (χ1n) is 9.60. The number of fused-ring (bicyclic) bond motifs is 1. The Labute approximate surface area is 172 Å². The highest BCUT2D eigenvalue weighted by Crippen LogP contribution is 2.42. The lowest BCUT2D eigenvalue weighted by Gasteiger charge is -2.29. The third kappa shape index (κ3) is 3.54. The Balaban J connectivity index is 2.35. The number of aryl methyl sites for hydroxylation is 1. The van der Waals surface area contributed by atoms with Crippen LogP contribution in [0.4, 0.5) is 5.69 Å². The number of methoxy groups -OCH3 is 1. The number of hydrogen-bond acceptors (Lipinski definition) is 7. The first kappa shape index (κ1) is 21.1. The van der Waals surface area contributed by atoms with Crippen LogP contribution in [0.5, 0.6) is 5.75 Å². The van der Waals surface area contributed by atoms with Crippen molar-refractivity contribution in [2.45, 2.75) is 39.2 Å². The molecule has 30 heavy (non-hydrogen) atoms. The van der Waals surface area contributed by atoms with Crippen molar-refractivity contribution < 1.29 is 19.2 Å². The maximum Gasteiger partial charge on any atom is 0.340 e. The van der Waals surface area contributed by atoms with Crippen molar-refractivity contribution in [1.82, 2.24) is 4.57 Å². The van der Waals surface area contributed by atoms with Crippen LogP contribution in [0.2, 0.25) is 0 Å². The van der Waals surface area contributed by atoms with E-state index in [1.807, 2.05) is 13.8 Å². The second-order valence-electron chi connectivity index (χ2n) is 6.87. The Bertz CT molecular complexity index is 1100. The third-order valence-corrected chi connectivity index (χ3v) is 5.09. The van der Waals surface area contributed by atoms with Crippen molar-refractivity contribution in [1.29, 1.82) is 0 Å². The van der Waals surface area contributed by atoms with Gasteiger partial charge in [-0.15, -0.1) is 0 Å². The number of rotatable bonds is 6. The van der Waals surface area contributed by atoms with Crippen molar-refractivity contribution in [2.75, 3.05) is 7.11 Å². The number of carbonyl (C=O) groups is 1. The van der Waals surface area contributed by atoms with E-state index in [2.05, 4.69) is 0 Å². The van der Waals surface area contributed by atoms with Crippen LogP contribution < -0.4 is 16.0 Å². The fourth-order valence-corrected chi connectivity index (χ4v) is 3.79. The molecule has 2 aromatic rings. The van der Waals surface area contributed by atoms with E-state index in [1.54, 1.807) is 16.7 Å². The molecule has 2 heterocycles. The molecule has 1 aromatic carbocycles. The molecule has 2 N–H and O–H groups in total. The molecule has 1 aliphatic heterocycles. The van der Waals surface area contributed by atoms with Crippen molar-refractivity contribution in [3.05, 3.63) is 79.1 Å². The summed E-state index contributed by atoms with van der Waals surface area (Å²) in [7, 11) is 1.19. The van der Waals surface area contributed by atoms with E-state index in [9.17, 15) is 19.7 Å². The van der Waals surface area contributed by atoms with Gasteiger partial charge in [0.25, 0.3) is 11.2 Å². The molecule has 1 unspecified atom stereocenters. The summed E-state index contributed by atoms with van der Waals surface area (Å²) in [6, 6.07) is 7.51. The maximum atomic E-state index is 13.4. The molecule has 9 nitrogen and oxygen atoms in total. The number of pyridine rings is 1. The number of ether oxygens (including phenoxy) is 2. The Hall–Kier alpha value is -3.62. The predicted molar refractivity (Wildman–Crippen MR) is 109 cm³/mol. The van der Waals surface area contributed by atoms with E-state index >= 15 is 0 Å². The lowest BCUT2D eigenvalue weighted by Crippen LogP contribution is -2.35. The van der Waals surface area contributed by atoms with E-state index in [0.29, 0.717) is 18.5 Å². The van der Waals surface area contributed by atoms with Crippen LogP contribution in [0.15, 0.2) is 46.6 Å². The van der Waals surface area contributed by atoms with Gasteiger partial charge >= 0.3 is 5.97 Å². The molecule has 3 rings (SSSR count). The van der Waals surface area contributed by atoms with Gasteiger partial charge in [0.2, 0.25) is 5.88 Å². The third-order valence-electron chi connectivity index (χ3n) is 5.09. The summed E-state index contributed by atoms with van der Waals surface area (Å²) in [6.07, 6.45) is 1.49. The minimum atomic E-state index is -0.956. The average Bonchev–Trinajstić information content (AvgIpc) is 2.72. The molecule has 0 spiro atoms. The Morgan fingerprint density at radius 1 is 1.33 bits per heavy atom. The zero-order valence-electron chi connectivity index (χ0n) is 17.0. The summed E-state index contributed by atoms with van der Waals surface area (Å²) < 4.78 is 12.2. The first-order chi connectivity index (χ1) is 14.3. The number of nitro benzene ring substituents is 1. The monoisotopic (exact) mass is 413 g/mol. The summed E-state index contributed by atoms with van der Waals surface area (Å²) in [6.45, 7) is 4.28. The zero-order chi connectivity index (χ0) is 22.0. The van der Waals surface area contributed by atoms with Crippen LogP contribution >= 0.6 is 0 Å². The van der Waals surface area contributed by atoms with Gasteiger partial charge in [-0.3, -0.25) is 14.9 Å². The van der Waals surface area contributed by atoms with Crippen LogP contribution in [0.3, 0.4) is 0 Å². The van der Waals surface area contributed by atoms with Crippen LogP contribution in [-0.2, 0) is 22.5 Å². The molecule has 0 amide bonds. The van der Waals surface area contributed by atoms with Crippen molar-refractivity contribution in [2.24, 2.45) is 5.73 Å². The second-order valence-corrected chi connectivity index (χ2v) is 6.87. The smallest absolute Gasteiger partial charge is 0.340 e. The number of nitrogens with zero attached hydrogens (tertiary/aromatic N) is 2. The van der Waals surface area contributed by atoms with Crippen LogP contribution in [-0.4, -0.2) is 22.6 Å². The molecule has 158 valence electrons. The lowest BCUT2D eigenvalue weighted by molar-refractivity contribution is -0.384. The van der Waals surface area contributed by atoms with Gasteiger partial charge in [0.15, 0.2) is 0 Å². The SMILES string of the molecule is CCCc1cc2c(c(=O)n1CC)C(c1cccc([N+](=O)[O-])c1)C(C(=O)OC)=C(N)O2. The van der Waals surface area contributed by atoms with Gasteiger partial charge in [0.1, 0.15) is 11.3 Å². The molecule has 0 saturated carbocycles. The van der Waals surface area contributed by atoms with E-state index in [1.165, 1.54) is 25.3 Å². The zero-order valence-corrected chi connectivity index (χ0v) is 17.0. The number of esters is 1.